The zero-order valence-electron chi connectivity index (χ0n) is 25.9. The molecule has 7 aromatic carbocycles. The van der Waals surface area contributed by atoms with Gasteiger partial charge in [-0.3, -0.25) is 0 Å². The zero-order valence-corrected chi connectivity index (χ0v) is 20.9. The third-order valence-electron chi connectivity index (χ3n) is 7.53. The average Bonchev–Trinajstić information content (AvgIpc) is 3.45. The minimum absolute atomic E-state index is 0.205. The van der Waals surface area contributed by atoms with Crippen LogP contribution in [0.5, 0.6) is 0 Å². The highest BCUT2D eigenvalue weighted by Crippen LogP contribution is 2.46. The molecule has 0 N–H and O–H groups in total. The summed E-state index contributed by atoms with van der Waals surface area (Å²) in [6.07, 6.45) is 0. The first-order valence-electron chi connectivity index (χ1n) is 15.5. The highest BCUT2D eigenvalue weighted by atomic mass is 16.3. The monoisotopic (exact) mass is 501 g/mol. The van der Waals surface area contributed by atoms with Crippen molar-refractivity contribution in [3.8, 4) is 33.4 Å². The van der Waals surface area contributed by atoms with E-state index in [-0.39, 0.29) is 29.7 Å². The van der Waals surface area contributed by atoms with E-state index in [1.165, 1.54) is 0 Å². The van der Waals surface area contributed by atoms with Gasteiger partial charge < -0.3 is 4.42 Å². The molecule has 0 aliphatic rings. The van der Waals surface area contributed by atoms with E-state index in [1.54, 1.807) is 0 Å². The quantitative estimate of drug-likeness (QED) is 0.219. The molecular weight excluding hydrogens is 472 g/mol. The van der Waals surface area contributed by atoms with Crippen LogP contribution in [0.25, 0.3) is 76.9 Å². The van der Waals surface area contributed by atoms with Crippen molar-refractivity contribution in [1.82, 2.24) is 0 Å². The van der Waals surface area contributed by atoms with Gasteiger partial charge in [0.15, 0.2) is 0 Å². The van der Waals surface area contributed by atoms with E-state index < -0.39 is 6.04 Å². The number of fused-ring (bicyclic) bond motifs is 5. The Balaban J connectivity index is 1.55. The van der Waals surface area contributed by atoms with E-state index in [0.29, 0.717) is 5.56 Å². The van der Waals surface area contributed by atoms with E-state index in [2.05, 4.69) is 42.5 Å². The lowest BCUT2D eigenvalue weighted by Crippen LogP contribution is -1.91. The lowest BCUT2D eigenvalue weighted by Gasteiger charge is -2.18. The molecule has 8 rings (SSSR count). The van der Waals surface area contributed by atoms with Gasteiger partial charge in [-0.25, -0.2) is 0 Å². The van der Waals surface area contributed by atoms with Crippen LogP contribution in [0, 0.1) is 0 Å². The van der Waals surface area contributed by atoms with E-state index in [1.807, 2.05) is 72.8 Å². The zero-order chi connectivity index (χ0) is 30.1. The summed E-state index contributed by atoms with van der Waals surface area (Å²) in [5, 5.41) is 5.54. The third-order valence-corrected chi connectivity index (χ3v) is 7.53. The van der Waals surface area contributed by atoms with Gasteiger partial charge in [0.1, 0.15) is 11.2 Å². The summed E-state index contributed by atoms with van der Waals surface area (Å²) in [6.45, 7) is 0. The predicted octanol–water partition coefficient (Wildman–Crippen LogP) is 10.9. The van der Waals surface area contributed by atoms with Gasteiger partial charge in [0, 0.05) is 16.3 Å². The van der Waals surface area contributed by atoms with Crippen LogP contribution in [-0.2, 0) is 0 Å². The van der Waals surface area contributed by atoms with Crippen LogP contribution in [0.2, 0.25) is 0 Å². The molecule has 1 heterocycles. The molecule has 0 spiro atoms. The molecule has 1 nitrogen and oxygen atoms in total. The van der Waals surface area contributed by atoms with Crippen LogP contribution >= 0.6 is 0 Å². The number of para-hydroxylation sites is 1. The number of hydrogen-bond acceptors (Lipinski definition) is 1. The second-order valence-electron chi connectivity index (χ2n) is 9.71. The first kappa shape index (κ1) is 17.4. The van der Waals surface area contributed by atoms with Gasteiger partial charge in [0.05, 0.1) is 6.85 Å². The van der Waals surface area contributed by atoms with E-state index in [9.17, 15) is 0 Å². The molecule has 0 bridgehead atoms. The molecule has 0 fully saturated rings. The Morgan fingerprint density at radius 3 is 1.62 bits per heavy atom. The normalized spacial score (nSPS) is 13.4. The SMILES string of the molecule is [2H]c1c([2H])c([2H])c(-c2c3ccccc3c(-c3cc(-c4ccccc4)c4oc5ccccc5c4c3)c3ccccc23)c([2H])c1[2H]. The topological polar surface area (TPSA) is 13.1 Å². The molecule has 0 saturated heterocycles. The molecule has 0 atom stereocenters. The summed E-state index contributed by atoms with van der Waals surface area (Å²) >= 11 is 0. The molecule has 8 aromatic rings. The maximum absolute atomic E-state index is 8.83. The van der Waals surface area contributed by atoms with Crippen LogP contribution < -0.4 is 0 Å². The second-order valence-corrected chi connectivity index (χ2v) is 9.71. The predicted molar refractivity (Wildman–Crippen MR) is 165 cm³/mol. The minimum atomic E-state index is -0.400. The number of hydrogen-bond donors (Lipinski definition) is 0. The number of benzene rings is 7. The highest BCUT2D eigenvalue weighted by molar-refractivity contribution is 6.22. The highest BCUT2D eigenvalue weighted by Gasteiger charge is 2.20. The van der Waals surface area contributed by atoms with Gasteiger partial charge in [-0.1, -0.05) is 127 Å². The minimum Gasteiger partial charge on any atom is -0.455 e. The number of furan rings is 1. The summed E-state index contributed by atoms with van der Waals surface area (Å²) in [7, 11) is 0. The van der Waals surface area contributed by atoms with E-state index in [4.69, 9.17) is 11.3 Å². The summed E-state index contributed by atoms with van der Waals surface area (Å²) in [5.41, 5.74) is 6.53. The maximum atomic E-state index is 8.83. The van der Waals surface area contributed by atoms with E-state index >= 15 is 0 Å². The average molecular weight is 502 g/mol. The summed E-state index contributed by atoms with van der Waals surface area (Å²) < 4.78 is 49.1. The van der Waals surface area contributed by atoms with Crippen molar-refractivity contribution >= 4 is 43.5 Å². The second kappa shape index (κ2) is 8.72. The molecule has 0 unspecified atom stereocenters. The van der Waals surface area contributed by atoms with E-state index in [0.717, 1.165) is 65.7 Å². The fourth-order valence-electron chi connectivity index (χ4n) is 5.89. The van der Waals surface area contributed by atoms with Crippen molar-refractivity contribution in [3.63, 3.8) is 0 Å². The van der Waals surface area contributed by atoms with Crippen molar-refractivity contribution in [2.75, 3.05) is 0 Å². The Hall–Kier alpha value is -5.14. The Labute approximate surface area is 233 Å². The lowest BCUT2D eigenvalue weighted by atomic mass is 9.85. The molecule has 1 heteroatoms. The van der Waals surface area contributed by atoms with Gasteiger partial charge >= 0.3 is 0 Å². The molecule has 182 valence electrons. The number of rotatable bonds is 3. The smallest absolute Gasteiger partial charge is 0.143 e. The molecule has 0 amide bonds. The summed E-state index contributed by atoms with van der Waals surface area (Å²) in [4.78, 5) is 0. The van der Waals surface area contributed by atoms with Crippen molar-refractivity contribution in [1.29, 1.82) is 0 Å². The Bertz CT molecular complexity index is 2360. The van der Waals surface area contributed by atoms with Crippen LogP contribution in [-0.4, -0.2) is 0 Å². The van der Waals surface area contributed by atoms with Crippen molar-refractivity contribution in [2.24, 2.45) is 0 Å². The van der Waals surface area contributed by atoms with Gasteiger partial charge in [-0.15, -0.1) is 0 Å². The third kappa shape index (κ3) is 3.41. The molecular formula is C38H24O. The van der Waals surface area contributed by atoms with Crippen LogP contribution in [0.15, 0.2) is 150 Å². The largest absolute Gasteiger partial charge is 0.455 e. The van der Waals surface area contributed by atoms with Crippen LogP contribution in [0.4, 0.5) is 0 Å². The molecule has 1 aromatic heterocycles. The van der Waals surface area contributed by atoms with Crippen molar-refractivity contribution in [3.05, 3.63) is 145 Å². The maximum Gasteiger partial charge on any atom is 0.143 e. The first-order valence-corrected chi connectivity index (χ1v) is 13.0. The molecule has 0 aliphatic heterocycles. The van der Waals surface area contributed by atoms with Crippen LogP contribution in [0.1, 0.15) is 6.85 Å². The van der Waals surface area contributed by atoms with Crippen molar-refractivity contribution < 1.29 is 11.3 Å². The van der Waals surface area contributed by atoms with Gasteiger partial charge in [0.25, 0.3) is 0 Å². The van der Waals surface area contributed by atoms with Crippen LogP contribution in [0.3, 0.4) is 0 Å². The summed E-state index contributed by atoms with van der Waals surface area (Å²) in [5.74, 6) is 0. The molecule has 0 saturated carbocycles. The van der Waals surface area contributed by atoms with Gasteiger partial charge in [0.2, 0.25) is 0 Å². The first-order chi connectivity index (χ1) is 21.4. The van der Waals surface area contributed by atoms with Crippen molar-refractivity contribution in [2.45, 2.75) is 0 Å². The fourth-order valence-corrected chi connectivity index (χ4v) is 5.89. The summed E-state index contributed by atoms with van der Waals surface area (Å²) in [6, 6.07) is 37.0. The standard InChI is InChI=1S/C38H24O/c1-3-13-25(14-4-1)33-23-27(24-34-28-17-11-12-22-35(28)39-38(33)34)37-31-20-9-7-18-29(31)36(26-15-5-2-6-16-26)30-19-8-10-21-32(30)37/h1-24H/i2D,5D,6D,15D,16D. The lowest BCUT2D eigenvalue weighted by molar-refractivity contribution is 0.670. The van der Waals surface area contributed by atoms with Gasteiger partial charge in [-0.2, -0.15) is 0 Å². The Morgan fingerprint density at radius 1 is 0.436 bits per heavy atom. The Kier molecular flexibility index (Phi) is 3.89. The molecule has 39 heavy (non-hydrogen) atoms. The molecule has 0 radical (unpaired) electrons. The Morgan fingerprint density at radius 2 is 0.974 bits per heavy atom. The molecule has 0 aliphatic carbocycles. The fraction of sp³-hybridized carbons (Fsp3) is 0. The van der Waals surface area contributed by atoms with Gasteiger partial charge in [-0.05, 0) is 67.6 Å².